The normalized spacial score (nSPS) is 11.3. The summed E-state index contributed by atoms with van der Waals surface area (Å²) in [6, 6.07) is 21.8. The van der Waals surface area contributed by atoms with Crippen molar-refractivity contribution in [3.05, 3.63) is 60.7 Å². The van der Waals surface area contributed by atoms with E-state index >= 15 is 0 Å². The Labute approximate surface area is 113 Å². The van der Waals surface area contributed by atoms with Gasteiger partial charge in [0.05, 0.1) is 0 Å². The van der Waals surface area contributed by atoms with Crippen LogP contribution in [-0.2, 0) is 11.7 Å². The summed E-state index contributed by atoms with van der Waals surface area (Å²) < 4.78 is 3.11. The number of rotatable bonds is 2. The van der Waals surface area contributed by atoms with Gasteiger partial charge in [0.1, 0.15) is 0 Å². The quantitative estimate of drug-likeness (QED) is 0.374. The zero-order valence-corrected chi connectivity index (χ0v) is 15.9. The molecule has 2 rings (SSSR count). The van der Waals surface area contributed by atoms with E-state index in [1.165, 1.54) is 0 Å². The number of hydrogen-bond acceptors (Lipinski definition) is 0. The van der Waals surface area contributed by atoms with Crippen LogP contribution in [0, 0.1) is 0 Å². The zero-order valence-electron chi connectivity index (χ0n) is 8.03. The summed E-state index contributed by atoms with van der Waals surface area (Å²) in [7, 11) is 0. The third kappa shape index (κ3) is 2.91. The fraction of sp³-hybridized carbons (Fsp3) is 0. The van der Waals surface area contributed by atoms with E-state index in [9.17, 15) is 0 Å². The summed E-state index contributed by atoms with van der Waals surface area (Å²) in [5.74, 6) is 0. The second-order valence-electron chi connectivity index (χ2n) is 3.31. The minimum absolute atomic E-state index is 1.55. The first-order valence-electron chi connectivity index (χ1n) is 4.70. The third-order valence-electron chi connectivity index (χ3n) is 2.27. The van der Waals surface area contributed by atoms with Crippen molar-refractivity contribution in [3.8, 4) is 0 Å². The van der Waals surface area contributed by atoms with Gasteiger partial charge in [-0.2, -0.15) is 0 Å². The zero-order chi connectivity index (χ0) is 10.7. The molecule has 0 bridgehead atoms. The molecule has 2 aromatic carbocycles. The van der Waals surface area contributed by atoms with Crippen molar-refractivity contribution in [2.45, 2.75) is 0 Å². The van der Waals surface area contributed by atoms with Crippen molar-refractivity contribution >= 4 is 42.9 Å². The molecule has 76 valence electrons. The molecule has 0 fully saturated rings. The van der Waals surface area contributed by atoms with E-state index in [1.807, 2.05) is 0 Å². The Morgan fingerprint density at radius 3 is 1.27 bits per heavy atom. The Kier molecular flexibility index (Phi) is 4.41. The molecule has 0 aliphatic heterocycles. The van der Waals surface area contributed by atoms with Crippen molar-refractivity contribution in [1.29, 1.82) is 0 Å². The molecule has 0 heterocycles. The summed E-state index contributed by atoms with van der Waals surface area (Å²) in [6.45, 7) is 0. The van der Waals surface area contributed by atoms with Gasteiger partial charge in [0.2, 0.25) is 0 Å². The predicted molar refractivity (Wildman–Crippen MR) is 80.2 cm³/mol. The number of benzene rings is 2. The van der Waals surface area contributed by atoms with E-state index in [2.05, 4.69) is 96.9 Å². The van der Waals surface area contributed by atoms with Crippen LogP contribution >= 0.6 is 36.3 Å². The summed E-state index contributed by atoms with van der Waals surface area (Å²) in [5.41, 5.74) is 0. The van der Waals surface area contributed by atoms with Gasteiger partial charge in [-0.1, -0.05) is 0 Å². The average molecular weight is 587 g/mol. The first-order chi connectivity index (χ1) is 7.21. The Bertz CT molecular complexity index is 384. The monoisotopic (exact) mass is 588 g/mol. The van der Waals surface area contributed by atoms with Crippen LogP contribution in [0.15, 0.2) is 60.7 Å². The molecule has 0 unspecified atom stereocenters. The van der Waals surface area contributed by atoms with Gasteiger partial charge in [-0.05, 0) is 0 Å². The van der Waals surface area contributed by atoms with E-state index in [-0.39, 0.29) is 0 Å². The fourth-order valence-corrected chi connectivity index (χ4v) is 18.8. The van der Waals surface area contributed by atoms with E-state index in [0.29, 0.717) is 0 Å². The SMILES string of the molecule is [I][Hf]([I])([c]1ccccc1)[c]1ccccc1. The topological polar surface area (TPSA) is 0 Å². The fourth-order valence-electron chi connectivity index (χ4n) is 1.46. The van der Waals surface area contributed by atoms with E-state index in [1.54, 1.807) is 6.64 Å². The molecule has 0 radical (unpaired) electrons. The van der Waals surface area contributed by atoms with Crippen LogP contribution in [0.2, 0.25) is 0 Å². The predicted octanol–water partition coefficient (Wildman–Crippen LogP) is 3.49. The van der Waals surface area contributed by atoms with Crippen LogP contribution in [0.3, 0.4) is 0 Å². The van der Waals surface area contributed by atoms with Gasteiger partial charge in [-0.15, -0.1) is 0 Å². The first-order valence-corrected chi connectivity index (χ1v) is 28.7. The van der Waals surface area contributed by atoms with Crippen LogP contribution in [0.4, 0.5) is 0 Å². The molecule has 0 saturated heterocycles. The van der Waals surface area contributed by atoms with Crippen LogP contribution in [0.25, 0.3) is 0 Å². The van der Waals surface area contributed by atoms with Gasteiger partial charge in [-0.25, -0.2) is 0 Å². The molecule has 0 saturated carbocycles. The number of hydrogen-bond donors (Lipinski definition) is 0. The molecule has 0 nitrogen and oxygen atoms in total. The van der Waals surface area contributed by atoms with Crippen molar-refractivity contribution in [1.82, 2.24) is 0 Å². The molecule has 0 N–H and O–H groups in total. The molecule has 3 heteroatoms. The summed E-state index contributed by atoms with van der Waals surface area (Å²) in [5, 5.41) is 0. The van der Waals surface area contributed by atoms with Crippen molar-refractivity contribution in [2.75, 3.05) is 0 Å². The average Bonchev–Trinajstić information content (AvgIpc) is 2.31. The molecule has 0 amide bonds. The Morgan fingerprint density at radius 2 is 0.933 bits per heavy atom. The van der Waals surface area contributed by atoms with E-state index < -0.39 is 11.7 Å². The first kappa shape index (κ1) is 12.2. The maximum atomic E-state index is 2.72. The summed E-state index contributed by atoms with van der Waals surface area (Å²) in [6.07, 6.45) is 0. The minimum atomic E-state index is -2.44. The molecule has 0 atom stereocenters. The molecule has 15 heavy (non-hydrogen) atoms. The van der Waals surface area contributed by atoms with Gasteiger partial charge in [-0.3, -0.25) is 0 Å². The van der Waals surface area contributed by atoms with Crippen LogP contribution in [0.1, 0.15) is 0 Å². The molecule has 0 spiro atoms. The second-order valence-corrected chi connectivity index (χ2v) is 55.0. The van der Waals surface area contributed by atoms with Crippen molar-refractivity contribution in [3.63, 3.8) is 0 Å². The van der Waals surface area contributed by atoms with Crippen LogP contribution in [-0.4, -0.2) is 0 Å². The Balaban J connectivity index is 2.44. The van der Waals surface area contributed by atoms with Crippen LogP contribution in [0.5, 0.6) is 0 Å². The molecular weight excluding hydrogens is 576 g/mol. The van der Waals surface area contributed by atoms with E-state index in [0.717, 1.165) is 0 Å². The Morgan fingerprint density at radius 1 is 0.600 bits per heavy atom. The summed E-state index contributed by atoms with van der Waals surface area (Å²) >= 11 is 2.99. The van der Waals surface area contributed by atoms with Gasteiger partial charge < -0.3 is 0 Å². The van der Waals surface area contributed by atoms with Crippen molar-refractivity contribution in [2.24, 2.45) is 0 Å². The van der Waals surface area contributed by atoms with Gasteiger partial charge in [0, 0.05) is 0 Å². The van der Waals surface area contributed by atoms with Gasteiger partial charge >= 0.3 is 115 Å². The molecule has 0 aliphatic carbocycles. The number of halogens is 2. The molecule has 0 aromatic heterocycles. The van der Waals surface area contributed by atoms with E-state index in [4.69, 9.17) is 0 Å². The second kappa shape index (κ2) is 5.40. The standard InChI is InChI=1S/2C6H5.Hf.2HI/c2*1-2-4-6-5-3-1;;;/h2*1-5H;;2*1H/q;;+2;;/p-2. The van der Waals surface area contributed by atoms with Crippen LogP contribution < -0.4 is 6.64 Å². The molecule has 2 aromatic rings. The summed E-state index contributed by atoms with van der Waals surface area (Å²) in [4.78, 5) is 0. The van der Waals surface area contributed by atoms with Crippen molar-refractivity contribution < 1.29 is 11.7 Å². The Hall–Kier alpha value is 0.770. The maximum absolute atomic E-state index is 2.72. The third-order valence-corrected chi connectivity index (χ3v) is 30.3. The van der Waals surface area contributed by atoms with Gasteiger partial charge in [0.15, 0.2) is 0 Å². The molecular formula is C12H10HfI2. The van der Waals surface area contributed by atoms with Gasteiger partial charge in [0.25, 0.3) is 0 Å². The molecule has 0 aliphatic rings.